The van der Waals surface area contributed by atoms with Crippen LogP contribution in [0.1, 0.15) is 43.9 Å². The molecule has 1 amide bonds. The van der Waals surface area contributed by atoms with Crippen LogP contribution in [0.25, 0.3) is 11.4 Å². The lowest BCUT2D eigenvalue weighted by molar-refractivity contribution is -0.133. The molecule has 2 fully saturated rings. The van der Waals surface area contributed by atoms with E-state index < -0.39 is 0 Å². The monoisotopic (exact) mass is 376 g/mol. The molecule has 1 aliphatic carbocycles. The van der Waals surface area contributed by atoms with E-state index in [9.17, 15) is 4.79 Å². The van der Waals surface area contributed by atoms with Gasteiger partial charge in [-0.15, -0.1) is 0 Å². The summed E-state index contributed by atoms with van der Waals surface area (Å²) in [4.78, 5) is 27.1. The van der Waals surface area contributed by atoms with Crippen LogP contribution in [0.3, 0.4) is 0 Å². The van der Waals surface area contributed by atoms with Crippen LogP contribution in [0, 0.1) is 11.8 Å². The van der Waals surface area contributed by atoms with E-state index in [4.69, 9.17) is 9.97 Å². The normalized spacial score (nSPS) is 20.2. The van der Waals surface area contributed by atoms with Gasteiger partial charge in [-0.1, -0.05) is 37.3 Å². The van der Waals surface area contributed by atoms with Gasteiger partial charge in [0.2, 0.25) is 5.91 Å². The van der Waals surface area contributed by atoms with Crippen LogP contribution in [-0.2, 0) is 17.8 Å². The fraction of sp³-hybridized carbons (Fsp3) is 0.522. The second kappa shape index (κ2) is 7.19. The Balaban J connectivity index is 1.53. The maximum Gasteiger partial charge on any atom is 0.225 e. The highest BCUT2D eigenvalue weighted by molar-refractivity contribution is 5.81. The van der Waals surface area contributed by atoms with Crippen LogP contribution >= 0.6 is 0 Å². The van der Waals surface area contributed by atoms with Crippen LogP contribution in [0.4, 0.5) is 5.82 Å². The molecule has 0 atom stereocenters. The summed E-state index contributed by atoms with van der Waals surface area (Å²) >= 11 is 0. The fourth-order valence-corrected chi connectivity index (χ4v) is 4.37. The third kappa shape index (κ3) is 3.38. The standard InChI is InChI=1S/C23H28N4O/c1-16-9-12-26(13-10-16)22-19-15-27(23(28)18-7-8-18)14-11-20(19)24-21(25-22)17-5-3-2-4-6-17/h2-6,16,18H,7-15H2,1H3. The average Bonchev–Trinajstić information content (AvgIpc) is 3.59. The number of aromatic nitrogens is 2. The average molecular weight is 377 g/mol. The Bertz CT molecular complexity index is 870. The van der Waals surface area contributed by atoms with E-state index in [1.165, 1.54) is 18.4 Å². The number of amides is 1. The number of benzene rings is 1. The zero-order valence-corrected chi connectivity index (χ0v) is 16.6. The minimum atomic E-state index is 0.269. The van der Waals surface area contributed by atoms with Gasteiger partial charge in [0.1, 0.15) is 5.82 Å². The van der Waals surface area contributed by atoms with Crippen LogP contribution in [0.15, 0.2) is 30.3 Å². The zero-order chi connectivity index (χ0) is 19.1. The summed E-state index contributed by atoms with van der Waals surface area (Å²) in [6.45, 7) is 5.86. The van der Waals surface area contributed by atoms with E-state index in [1.54, 1.807) is 0 Å². The molecule has 0 radical (unpaired) electrons. The van der Waals surface area contributed by atoms with Crippen molar-refractivity contribution in [3.8, 4) is 11.4 Å². The number of nitrogens with zero attached hydrogens (tertiary/aromatic N) is 4. The highest BCUT2D eigenvalue weighted by Crippen LogP contribution is 2.35. The summed E-state index contributed by atoms with van der Waals surface area (Å²) < 4.78 is 0. The van der Waals surface area contributed by atoms with Gasteiger partial charge in [-0.2, -0.15) is 0 Å². The van der Waals surface area contributed by atoms with Gasteiger partial charge < -0.3 is 9.80 Å². The molecule has 28 heavy (non-hydrogen) atoms. The second-order valence-corrected chi connectivity index (χ2v) is 8.62. The molecular formula is C23H28N4O. The molecule has 0 unspecified atom stereocenters. The number of rotatable bonds is 3. The maximum absolute atomic E-state index is 12.7. The minimum absolute atomic E-state index is 0.269. The number of anilines is 1. The van der Waals surface area contributed by atoms with E-state index in [1.807, 2.05) is 23.1 Å². The molecule has 5 heteroatoms. The van der Waals surface area contributed by atoms with Crippen LogP contribution in [0.2, 0.25) is 0 Å². The number of carbonyl (C=O) groups is 1. The highest BCUT2D eigenvalue weighted by atomic mass is 16.2. The van der Waals surface area contributed by atoms with Crippen LogP contribution in [-0.4, -0.2) is 40.4 Å². The zero-order valence-electron chi connectivity index (χ0n) is 16.6. The molecule has 2 aromatic rings. The molecule has 5 rings (SSSR count). The van der Waals surface area contributed by atoms with Crippen LogP contribution < -0.4 is 4.90 Å². The summed E-state index contributed by atoms with van der Waals surface area (Å²) in [6, 6.07) is 10.3. The fourth-order valence-electron chi connectivity index (χ4n) is 4.37. The predicted octanol–water partition coefficient (Wildman–Crippen LogP) is 3.67. The van der Waals surface area contributed by atoms with Crippen LogP contribution in [0.5, 0.6) is 0 Å². The Morgan fingerprint density at radius 2 is 1.75 bits per heavy atom. The van der Waals surface area contributed by atoms with Gasteiger partial charge in [0, 0.05) is 43.1 Å². The predicted molar refractivity (Wildman–Crippen MR) is 110 cm³/mol. The minimum Gasteiger partial charge on any atom is -0.356 e. The number of hydrogen-bond acceptors (Lipinski definition) is 4. The molecule has 146 valence electrons. The van der Waals surface area contributed by atoms with Crippen molar-refractivity contribution in [1.29, 1.82) is 0 Å². The van der Waals surface area contributed by atoms with Gasteiger partial charge in [0.05, 0.1) is 12.2 Å². The second-order valence-electron chi connectivity index (χ2n) is 8.62. The Morgan fingerprint density at radius 3 is 2.46 bits per heavy atom. The van der Waals surface area contributed by atoms with Gasteiger partial charge in [0.25, 0.3) is 0 Å². The van der Waals surface area contributed by atoms with E-state index in [2.05, 4.69) is 24.0 Å². The molecule has 2 aliphatic heterocycles. The lowest BCUT2D eigenvalue weighted by atomic mass is 9.98. The van der Waals surface area contributed by atoms with Crippen molar-refractivity contribution in [2.24, 2.45) is 11.8 Å². The number of carbonyl (C=O) groups excluding carboxylic acids is 1. The topological polar surface area (TPSA) is 49.3 Å². The lowest BCUT2D eigenvalue weighted by Gasteiger charge is -2.36. The van der Waals surface area contributed by atoms with Crippen molar-refractivity contribution in [2.45, 2.75) is 45.6 Å². The summed E-state index contributed by atoms with van der Waals surface area (Å²) in [6.07, 6.45) is 5.34. The van der Waals surface area contributed by atoms with Gasteiger partial charge in [-0.3, -0.25) is 4.79 Å². The Kier molecular flexibility index (Phi) is 4.53. The largest absolute Gasteiger partial charge is 0.356 e. The maximum atomic E-state index is 12.7. The Morgan fingerprint density at radius 1 is 1.00 bits per heavy atom. The van der Waals surface area contributed by atoms with Crippen molar-refractivity contribution >= 4 is 11.7 Å². The quantitative estimate of drug-likeness (QED) is 0.820. The Labute approximate surface area is 166 Å². The van der Waals surface area contributed by atoms with E-state index in [0.29, 0.717) is 12.5 Å². The van der Waals surface area contributed by atoms with Gasteiger partial charge in [0.15, 0.2) is 5.82 Å². The molecule has 0 bridgehead atoms. The third-order valence-corrected chi connectivity index (χ3v) is 6.39. The van der Waals surface area contributed by atoms with Gasteiger partial charge in [-0.05, 0) is 31.6 Å². The van der Waals surface area contributed by atoms with Crippen molar-refractivity contribution < 1.29 is 4.79 Å². The van der Waals surface area contributed by atoms with Crippen molar-refractivity contribution in [3.63, 3.8) is 0 Å². The summed E-state index contributed by atoms with van der Waals surface area (Å²) in [5.41, 5.74) is 3.37. The molecule has 1 aromatic carbocycles. The summed E-state index contributed by atoms with van der Waals surface area (Å²) in [5.74, 6) is 3.25. The van der Waals surface area contributed by atoms with E-state index >= 15 is 0 Å². The summed E-state index contributed by atoms with van der Waals surface area (Å²) in [7, 11) is 0. The van der Waals surface area contributed by atoms with Crippen molar-refractivity contribution in [2.75, 3.05) is 24.5 Å². The molecule has 3 aliphatic rings. The first-order valence-electron chi connectivity index (χ1n) is 10.7. The molecule has 1 aromatic heterocycles. The number of fused-ring (bicyclic) bond motifs is 1. The first-order chi connectivity index (χ1) is 13.7. The summed E-state index contributed by atoms with van der Waals surface area (Å²) in [5, 5.41) is 0. The number of hydrogen-bond donors (Lipinski definition) is 0. The lowest BCUT2D eigenvalue weighted by Crippen LogP contribution is -2.40. The Hall–Kier alpha value is -2.43. The highest BCUT2D eigenvalue weighted by Gasteiger charge is 2.36. The molecule has 3 heterocycles. The molecule has 5 nitrogen and oxygen atoms in total. The SMILES string of the molecule is CC1CCN(c2nc(-c3ccccc3)nc3c2CN(C(=O)C2CC2)CC3)CC1. The molecule has 0 N–H and O–H groups in total. The molecule has 1 saturated carbocycles. The first kappa shape index (κ1) is 17.7. The molecule has 1 saturated heterocycles. The smallest absolute Gasteiger partial charge is 0.225 e. The van der Waals surface area contributed by atoms with Crippen molar-refractivity contribution in [1.82, 2.24) is 14.9 Å². The van der Waals surface area contributed by atoms with Crippen molar-refractivity contribution in [3.05, 3.63) is 41.6 Å². The van der Waals surface area contributed by atoms with Gasteiger partial charge >= 0.3 is 0 Å². The van der Waals surface area contributed by atoms with E-state index in [-0.39, 0.29) is 5.92 Å². The number of piperidine rings is 1. The van der Waals surface area contributed by atoms with E-state index in [0.717, 1.165) is 67.7 Å². The molecule has 0 spiro atoms. The van der Waals surface area contributed by atoms with Gasteiger partial charge in [-0.25, -0.2) is 9.97 Å². The first-order valence-corrected chi connectivity index (χ1v) is 10.7. The third-order valence-electron chi connectivity index (χ3n) is 6.39. The molecular weight excluding hydrogens is 348 g/mol.